The van der Waals surface area contributed by atoms with Crippen molar-refractivity contribution >= 4 is 28.9 Å². The summed E-state index contributed by atoms with van der Waals surface area (Å²) >= 11 is 1.62. The fourth-order valence-corrected chi connectivity index (χ4v) is 3.84. The number of hydrogen-bond donors (Lipinski definition) is 0. The second-order valence-electron chi connectivity index (χ2n) is 6.44. The van der Waals surface area contributed by atoms with Gasteiger partial charge in [0.15, 0.2) is 5.76 Å². The predicted molar refractivity (Wildman–Crippen MR) is 105 cm³/mol. The van der Waals surface area contributed by atoms with Crippen molar-refractivity contribution in [1.29, 1.82) is 0 Å². The molecule has 1 fully saturated rings. The predicted octanol–water partition coefficient (Wildman–Crippen LogP) is 4.70. The summed E-state index contributed by atoms with van der Waals surface area (Å²) in [6.07, 6.45) is 3.68. The number of thiophene rings is 1. The molecule has 0 N–H and O–H groups in total. The lowest BCUT2D eigenvalue weighted by Crippen LogP contribution is -2.32. The van der Waals surface area contributed by atoms with E-state index in [1.54, 1.807) is 17.4 Å². The Bertz CT molecular complexity index is 984. The first-order valence-electron chi connectivity index (χ1n) is 8.67. The molecular weight excluding hydrogens is 364 g/mol. The van der Waals surface area contributed by atoms with E-state index in [0.29, 0.717) is 18.9 Å². The van der Waals surface area contributed by atoms with Crippen LogP contribution in [0.15, 0.2) is 45.8 Å². The molecule has 0 aromatic carbocycles. The highest BCUT2D eigenvalue weighted by molar-refractivity contribution is 7.13. The van der Waals surface area contributed by atoms with Gasteiger partial charge in [0.05, 0.1) is 9.80 Å². The minimum absolute atomic E-state index is 0.0603. The lowest BCUT2D eigenvalue weighted by atomic mass is 10.0. The van der Waals surface area contributed by atoms with Gasteiger partial charge in [-0.2, -0.15) is 0 Å². The lowest BCUT2D eigenvalue weighted by Gasteiger charge is -2.29. The van der Waals surface area contributed by atoms with Crippen LogP contribution in [0.3, 0.4) is 0 Å². The SMILES string of the molecule is Cc1ccc([N+](=O)[O-])c(N2CCC(=Cc3cc(-c4cccs4)on3)CC2)n1. The van der Waals surface area contributed by atoms with Crippen molar-refractivity contribution in [1.82, 2.24) is 10.1 Å². The van der Waals surface area contributed by atoms with Gasteiger partial charge in [0.25, 0.3) is 0 Å². The van der Waals surface area contributed by atoms with Crippen LogP contribution in [0.5, 0.6) is 0 Å². The van der Waals surface area contributed by atoms with Crippen molar-refractivity contribution in [2.45, 2.75) is 19.8 Å². The third-order valence-electron chi connectivity index (χ3n) is 4.54. The molecule has 3 aromatic rings. The number of nitrogens with zero attached hydrogens (tertiary/aromatic N) is 4. The number of piperidine rings is 1. The van der Waals surface area contributed by atoms with Crippen LogP contribution in [-0.4, -0.2) is 28.2 Å². The first-order valence-corrected chi connectivity index (χ1v) is 9.55. The highest BCUT2D eigenvalue weighted by atomic mass is 32.1. The second kappa shape index (κ2) is 7.32. The van der Waals surface area contributed by atoms with Crippen LogP contribution in [0.1, 0.15) is 24.2 Å². The number of rotatable bonds is 4. The molecule has 0 amide bonds. The van der Waals surface area contributed by atoms with E-state index in [9.17, 15) is 10.1 Å². The molecule has 0 unspecified atom stereocenters. The van der Waals surface area contributed by atoms with Crippen LogP contribution in [0, 0.1) is 17.0 Å². The molecule has 1 aliphatic heterocycles. The molecule has 0 bridgehead atoms. The first kappa shape index (κ1) is 17.4. The van der Waals surface area contributed by atoms with E-state index in [2.05, 4.69) is 16.2 Å². The summed E-state index contributed by atoms with van der Waals surface area (Å²) in [5, 5.41) is 17.4. The Morgan fingerprint density at radius 2 is 2.11 bits per heavy atom. The van der Waals surface area contributed by atoms with Crippen LogP contribution >= 0.6 is 11.3 Å². The fraction of sp³-hybridized carbons (Fsp3) is 0.263. The monoisotopic (exact) mass is 382 g/mol. The van der Waals surface area contributed by atoms with Gasteiger partial charge < -0.3 is 9.42 Å². The molecule has 0 aliphatic carbocycles. The van der Waals surface area contributed by atoms with Gasteiger partial charge in [-0.25, -0.2) is 4.98 Å². The number of hydrogen-bond acceptors (Lipinski definition) is 7. The second-order valence-corrected chi connectivity index (χ2v) is 7.38. The van der Waals surface area contributed by atoms with Crippen molar-refractivity contribution in [3.05, 3.63) is 62.8 Å². The largest absolute Gasteiger partial charge is 0.355 e. The van der Waals surface area contributed by atoms with E-state index in [-0.39, 0.29) is 10.6 Å². The standard InChI is InChI=1S/C19H18N4O3S/c1-13-4-5-16(23(24)25)19(20-13)22-8-6-14(7-9-22)11-15-12-17(26-21-15)18-3-2-10-27-18/h2-5,10-12H,6-9H2,1H3. The maximum Gasteiger partial charge on any atom is 0.311 e. The van der Waals surface area contributed by atoms with Gasteiger partial charge in [0, 0.05) is 30.9 Å². The normalized spacial score (nSPS) is 14.4. The van der Waals surface area contributed by atoms with E-state index < -0.39 is 0 Å². The lowest BCUT2D eigenvalue weighted by molar-refractivity contribution is -0.384. The zero-order valence-corrected chi connectivity index (χ0v) is 15.6. The summed E-state index contributed by atoms with van der Waals surface area (Å²) in [7, 11) is 0. The van der Waals surface area contributed by atoms with Gasteiger partial charge in [0.2, 0.25) is 5.82 Å². The van der Waals surface area contributed by atoms with Crippen molar-refractivity contribution in [3.8, 4) is 10.6 Å². The first-order chi connectivity index (χ1) is 13.1. The average Bonchev–Trinajstić information content (AvgIpc) is 3.33. The van der Waals surface area contributed by atoms with E-state index in [1.165, 1.54) is 11.6 Å². The number of pyridine rings is 1. The molecule has 0 spiro atoms. The number of nitro groups is 1. The van der Waals surface area contributed by atoms with Gasteiger partial charge in [-0.3, -0.25) is 10.1 Å². The summed E-state index contributed by atoms with van der Waals surface area (Å²) in [5.74, 6) is 1.23. The van der Waals surface area contributed by atoms with Crippen molar-refractivity contribution < 1.29 is 9.45 Å². The summed E-state index contributed by atoms with van der Waals surface area (Å²) < 4.78 is 5.42. The van der Waals surface area contributed by atoms with E-state index >= 15 is 0 Å². The third kappa shape index (κ3) is 3.75. The minimum Gasteiger partial charge on any atom is -0.355 e. The Balaban J connectivity index is 1.47. The number of aryl methyl sites for hydroxylation is 1. The van der Waals surface area contributed by atoms with Gasteiger partial charge in [-0.05, 0) is 43.4 Å². The van der Waals surface area contributed by atoms with Crippen molar-refractivity contribution in [2.24, 2.45) is 0 Å². The van der Waals surface area contributed by atoms with Crippen LogP contribution < -0.4 is 4.90 Å². The van der Waals surface area contributed by atoms with Crippen molar-refractivity contribution in [2.75, 3.05) is 18.0 Å². The highest BCUT2D eigenvalue weighted by Crippen LogP contribution is 2.31. The maximum absolute atomic E-state index is 11.3. The smallest absolute Gasteiger partial charge is 0.311 e. The summed E-state index contributed by atoms with van der Waals surface area (Å²) in [5.41, 5.74) is 2.90. The Morgan fingerprint density at radius 1 is 1.30 bits per heavy atom. The van der Waals surface area contributed by atoms with Gasteiger partial charge in [-0.15, -0.1) is 11.3 Å². The average molecular weight is 382 g/mol. The number of aromatic nitrogens is 2. The Labute approximate surface area is 160 Å². The minimum atomic E-state index is -0.366. The van der Waals surface area contributed by atoms with E-state index in [4.69, 9.17) is 4.52 Å². The molecule has 4 heterocycles. The summed E-state index contributed by atoms with van der Waals surface area (Å²) in [4.78, 5) is 18.4. The van der Waals surface area contributed by atoms with E-state index in [1.807, 2.05) is 35.4 Å². The van der Waals surface area contributed by atoms with Crippen molar-refractivity contribution in [3.63, 3.8) is 0 Å². The molecule has 1 saturated heterocycles. The molecule has 0 saturated carbocycles. The molecule has 3 aromatic heterocycles. The fourth-order valence-electron chi connectivity index (χ4n) is 3.16. The molecule has 0 radical (unpaired) electrons. The molecule has 8 heteroatoms. The van der Waals surface area contributed by atoms with Gasteiger partial charge in [-0.1, -0.05) is 16.8 Å². The Morgan fingerprint density at radius 3 is 2.81 bits per heavy atom. The molecule has 1 aliphatic rings. The van der Waals surface area contributed by atoms with Gasteiger partial charge >= 0.3 is 5.69 Å². The van der Waals surface area contributed by atoms with E-state index in [0.717, 1.165) is 34.9 Å². The van der Waals surface area contributed by atoms with Crippen LogP contribution in [0.4, 0.5) is 11.5 Å². The van der Waals surface area contributed by atoms with Gasteiger partial charge in [0.1, 0.15) is 5.69 Å². The summed E-state index contributed by atoms with van der Waals surface area (Å²) in [6.45, 7) is 3.23. The zero-order chi connectivity index (χ0) is 18.8. The quantitative estimate of drug-likeness (QED) is 0.480. The Kier molecular flexibility index (Phi) is 4.72. The molecule has 138 valence electrons. The molecular formula is C19H18N4O3S. The topological polar surface area (TPSA) is 85.3 Å². The third-order valence-corrected chi connectivity index (χ3v) is 5.42. The zero-order valence-electron chi connectivity index (χ0n) is 14.8. The molecule has 7 nitrogen and oxygen atoms in total. The maximum atomic E-state index is 11.3. The van der Waals surface area contributed by atoms with Crippen LogP contribution in [0.25, 0.3) is 16.7 Å². The highest BCUT2D eigenvalue weighted by Gasteiger charge is 2.24. The molecule has 27 heavy (non-hydrogen) atoms. The Hall–Kier alpha value is -3.00. The molecule has 0 atom stereocenters. The van der Waals surface area contributed by atoms with Crippen LogP contribution in [-0.2, 0) is 0 Å². The summed E-state index contributed by atoms with van der Waals surface area (Å²) in [6, 6.07) is 9.13. The molecule has 4 rings (SSSR count). The van der Waals surface area contributed by atoms with Crippen LogP contribution in [0.2, 0.25) is 0 Å². The number of anilines is 1.